The van der Waals surface area contributed by atoms with Gasteiger partial charge >= 0.3 is 5.97 Å². The summed E-state index contributed by atoms with van der Waals surface area (Å²) in [6.07, 6.45) is -0.784. The van der Waals surface area contributed by atoms with Crippen molar-refractivity contribution in [2.24, 2.45) is 0 Å². The van der Waals surface area contributed by atoms with Gasteiger partial charge in [-0.05, 0) is 52.0 Å². The van der Waals surface area contributed by atoms with Gasteiger partial charge in [-0.3, -0.25) is 4.79 Å². The number of ether oxygens (including phenoxy) is 4. The first-order chi connectivity index (χ1) is 14.4. The monoisotopic (exact) mass is 412 g/mol. The molecule has 0 unspecified atom stereocenters. The van der Waals surface area contributed by atoms with E-state index < -0.39 is 12.1 Å². The zero-order valence-electron chi connectivity index (χ0n) is 17.4. The average molecular weight is 412 g/mol. The van der Waals surface area contributed by atoms with Crippen molar-refractivity contribution in [2.75, 3.05) is 13.2 Å². The number of para-hydroxylation sites is 2. The number of rotatable bonds is 8. The van der Waals surface area contributed by atoms with Crippen molar-refractivity contribution in [1.29, 1.82) is 0 Å². The highest BCUT2D eigenvalue weighted by atomic mass is 16.6. The molecule has 1 aromatic heterocycles. The summed E-state index contributed by atoms with van der Waals surface area (Å²) in [5, 5.41) is 0.334. The van der Waals surface area contributed by atoms with Crippen LogP contribution in [0.2, 0.25) is 0 Å². The third-order valence-electron chi connectivity index (χ3n) is 4.28. The molecule has 0 spiro atoms. The van der Waals surface area contributed by atoms with E-state index in [4.69, 9.17) is 23.4 Å². The largest absolute Gasteiger partial charge is 0.490 e. The van der Waals surface area contributed by atoms with E-state index in [-0.39, 0.29) is 17.8 Å². The van der Waals surface area contributed by atoms with Crippen LogP contribution in [0, 0.1) is 6.92 Å². The SMILES string of the molecule is CCOC(=O)[C@@H](C)Oc1ccc2c(=O)c(Oc3ccccc3OCC)c(C)oc2c1. The Morgan fingerprint density at radius 2 is 1.80 bits per heavy atom. The molecule has 0 aliphatic heterocycles. The Morgan fingerprint density at radius 3 is 2.50 bits per heavy atom. The highest BCUT2D eigenvalue weighted by Gasteiger charge is 2.19. The molecular formula is C23H24O7. The van der Waals surface area contributed by atoms with Gasteiger partial charge in [0.25, 0.3) is 0 Å². The Morgan fingerprint density at radius 1 is 1.07 bits per heavy atom. The molecule has 0 aliphatic carbocycles. The summed E-state index contributed by atoms with van der Waals surface area (Å²) < 4.78 is 27.8. The first-order valence-corrected chi connectivity index (χ1v) is 9.75. The Labute approximate surface area is 174 Å². The van der Waals surface area contributed by atoms with Crippen LogP contribution in [0.15, 0.2) is 51.7 Å². The Kier molecular flexibility index (Phi) is 6.61. The topological polar surface area (TPSA) is 84.2 Å². The van der Waals surface area contributed by atoms with Crippen LogP contribution in [-0.4, -0.2) is 25.3 Å². The average Bonchev–Trinajstić information content (AvgIpc) is 2.72. The van der Waals surface area contributed by atoms with Crippen molar-refractivity contribution in [3.05, 3.63) is 58.4 Å². The van der Waals surface area contributed by atoms with Gasteiger partial charge in [0.05, 0.1) is 18.6 Å². The third kappa shape index (κ3) is 4.56. The number of fused-ring (bicyclic) bond motifs is 1. The van der Waals surface area contributed by atoms with E-state index in [1.807, 2.05) is 13.0 Å². The molecule has 0 radical (unpaired) electrons. The second kappa shape index (κ2) is 9.35. The van der Waals surface area contributed by atoms with Crippen LogP contribution in [0.3, 0.4) is 0 Å². The van der Waals surface area contributed by atoms with E-state index in [9.17, 15) is 9.59 Å². The fourth-order valence-electron chi connectivity index (χ4n) is 2.89. The maximum absolute atomic E-state index is 13.0. The number of carbonyl (C=O) groups excluding carboxylic acids is 1. The summed E-state index contributed by atoms with van der Waals surface area (Å²) in [4.78, 5) is 24.8. The summed E-state index contributed by atoms with van der Waals surface area (Å²) in [5.74, 6) is 1.29. The van der Waals surface area contributed by atoms with Crippen LogP contribution in [0.1, 0.15) is 26.5 Å². The molecule has 0 saturated heterocycles. The molecule has 2 aromatic carbocycles. The summed E-state index contributed by atoms with van der Waals surface area (Å²) in [6.45, 7) is 7.58. The van der Waals surface area contributed by atoms with Gasteiger partial charge in [0.15, 0.2) is 17.6 Å². The van der Waals surface area contributed by atoms with Gasteiger partial charge in [-0.2, -0.15) is 0 Å². The predicted molar refractivity (Wildman–Crippen MR) is 112 cm³/mol. The minimum Gasteiger partial charge on any atom is -0.490 e. The quantitative estimate of drug-likeness (QED) is 0.499. The minimum atomic E-state index is -0.784. The molecule has 0 N–H and O–H groups in total. The Hall–Kier alpha value is -3.48. The predicted octanol–water partition coefficient (Wildman–Crippen LogP) is 4.62. The number of hydrogen-bond acceptors (Lipinski definition) is 7. The Balaban J connectivity index is 1.93. The van der Waals surface area contributed by atoms with Gasteiger partial charge in [0, 0.05) is 6.07 Å². The minimum absolute atomic E-state index is 0.0863. The summed E-state index contributed by atoms with van der Waals surface area (Å²) in [5.41, 5.74) is 0.0153. The van der Waals surface area contributed by atoms with Crippen molar-refractivity contribution in [3.63, 3.8) is 0 Å². The van der Waals surface area contributed by atoms with Crippen LogP contribution in [0.4, 0.5) is 0 Å². The number of esters is 1. The number of aryl methyl sites for hydroxylation is 1. The molecule has 0 fully saturated rings. The molecule has 0 bridgehead atoms. The van der Waals surface area contributed by atoms with Crippen molar-refractivity contribution < 1.29 is 28.2 Å². The molecule has 7 heteroatoms. The number of carbonyl (C=O) groups is 1. The lowest BCUT2D eigenvalue weighted by molar-refractivity contribution is -0.150. The van der Waals surface area contributed by atoms with Crippen LogP contribution in [0.5, 0.6) is 23.0 Å². The van der Waals surface area contributed by atoms with E-state index in [0.29, 0.717) is 40.6 Å². The first kappa shape index (κ1) is 21.2. The van der Waals surface area contributed by atoms with Gasteiger partial charge in [-0.25, -0.2) is 4.79 Å². The van der Waals surface area contributed by atoms with Gasteiger partial charge in [0.2, 0.25) is 11.2 Å². The van der Waals surface area contributed by atoms with Crippen molar-refractivity contribution in [1.82, 2.24) is 0 Å². The zero-order valence-corrected chi connectivity index (χ0v) is 17.4. The lowest BCUT2D eigenvalue weighted by Gasteiger charge is -2.14. The van der Waals surface area contributed by atoms with Crippen LogP contribution < -0.4 is 19.6 Å². The highest BCUT2D eigenvalue weighted by molar-refractivity contribution is 5.80. The van der Waals surface area contributed by atoms with Crippen LogP contribution >= 0.6 is 0 Å². The van der Waals surface area contributed by atoms with E-state index in [1.54, 1.807) is 57.2 Å². The highest BCUT2D eigenvalue weighted by Crippen LogP contribution is 2.33. The van der Waals surface area contributed by atoms with E-state index >= 15 is 0 Å². The molecule has 0 aliphatic rings. The number of benzene rings is 2. The fraction of sp³-hybridized carbons (Fsp3) is 0.304. The van der Waals surface area contributed by atoms with Crippen molar-refractivity contribution >= 4 is 16.9 Å². The fourth-order valence-corrected chi connectivity index (χ4v) is 2.89. The van der Waals surface area contributed by atoms with Crippen LogP contribution in [0.25, 0.3) is 11.0 Å². The molecule has 7 nitrogen and oxygen atoms in total. The molecule has 3 aromatic rings. The first-order valence-electron chi connectivity index (χ1n) is 9.75. The zero-order chi connectivity index (χ0) is 21.7. The molecule has 1 heterocycles. The number of hydrogen-bond donors (Lipinski definition) is 0. The van der Waals surface area contributed by atoms with Gasteiger partial charge in [0.1, 0.15) is 17.1 Å². The lowest BCUT2D eigenvalue weighted by Crippen LogP contribution is -2.26. The second-order valence-corrected chi connectivity index (χ2v) is 6.47. The maximum atomic E-state index is 13.0. The molecule has 158 valence electrons. The van der Waals surface area contributed by atoms with E-state index in [2.05, 4.69) is 0 Å². The summed E-state index contributed by atoms with van der Waals surface area (Å²) in [7, 11) is 0. The third-order valence-corrected chi connectivity index (χ3v) is 4.28. The molecule has 30 heavy (non-hydrogen) atoms. The maximum Gasteiger partial charge on any atom is 0.347 e. The van der Waals surface area contributed by atoms with Gasteiger partial charge in [-0.15, -0.1) is 0 Å². The molecule has 1 atom stereocenters. The van der Waals surface area contributed by atoms with Gasteiger partial charge in [-0.1, -0.05) is 12.1 Å². The molecule has 3 rings (SSSR count). The van der Waals surface area contributed by atoms with E-state index in [1.165, 1.54) is 0 Å². The van der Waals surface area contributed by atoms with Crippen LogP contribution in [-0.2, 0) is 9.53 Å². The smallest absolute Gasteiger partial charge is 0.347 e. The van der Waals surface area contributed by atoms with Crippen molar-refractivity contribution in [2.45, 2.75) is 33.8 Å². The summed E-state index contributed by atoms with van der Waals surface area (Å²) in [6, 6.07) is 11.9. The van der Waals surface area contributed by atoms with Gasteiger partial charge < -0.3 is 23.4 Å². The van der Waals surface area contributed by atoms with Crippen molar-refractivity contribution in [3.8, 4) is 23.0 Å². The molecular weight excluding hydrogens is 388 g/mol. The normalized spacial score (nSPS) is 11.7. The summed E-state index contributed by atoms with van der Waals surface area (Å²) >= 11 is 0. The standard InChI is InChI=1S/C23H24O7/c1-5-26-18-9-7-8-10-19(18)30-22-14(3)29-20-13-16(11-12-17(20)21(22)24)28-15(4)23(25)27-6-2/h7-13,15H,5-6H2,1-4H3/t15-/m1/s1. The second-order valence-electron chi connectivity index (χ2n) is 6.47. The molecule has 0 saturated carbocycles. The Bertz CT molecular complexity index is 1100. The van der Waals surface area contributed by atoms with E-state index in [0.717, 1.165) is 0 Å². The lowest BCUT2D eigenvalue weighted by atomic mass is 10.2. The molecule has 0 amide bonds.